The molecular formula is C19H19NO4. The van der Waals surface area contributed by atoms with Crippen LogP contribution in [0, 0.1) is 0 Å². The molecule has 0 aromatic heterocycles. The maximum atomic E-state index is 12.6. The van der Waals surface area contributed by atoms with Gasteiger partial charge in [-0.1, -0.05) is 36.4 Å². The number of nitrogens with one attached hydrogen (secondary N) is 1. The van der Waals surface area contributed by atoms with Crippen LogP contribution in [0.1, 0.15) is 35.6 Å². The highest BCUT2D eigenvalue weighted by Crippen LogP contribution is 2.28. The van der Waals surface area contributed by atoms with Crippen LogP contribution < -0.4 is 5.32 Å². The largest absolute Gasteiger partial charge is 0.481 e. The molecule has 0 fully saturated rings. The number of carboxylic acids is 1. The highest BCUT2D eigenvalue weighted by Gasteiger charge is 2.27. The number of carboxylic acid groups (broad SMARTS) is 1. The summed E-state index contributed by atoms with van der Waals surface area (Å²) in [6, 6.07) is 14.7. The number of amides is 1. The summed E-state index contributed by atoms with van der Waals surface area (Å²) in [6.07, 6.45) is 0.154. The smallest absolute Gasteiger partial charge is 0.310 e. The lowest BCUT2D eigenvalue weighted by Crippen LogP contribution is -2.28. The van der Waals surface area contributed by atoms with Gasteiger partial charge in [0.05, 0.1) is 12.5 Å². The van der Waals surface area contributed by atoms with Crippen LogP contribution in [0.5, 0.6) is 0 Å². The van der Waals surface area contributed by atoms with E-state index in [-0.39, 0.29) is 5.91 Å². The lowest BCUT2D eigenvalue weighted by atomic mass is 9.97. The molecule has 5 nitrogen and oxygen atoms in total. The van der Waals surface area contributed by atoms with Crippen molar-refractivity contribution >= 4 is 17.6 Å². The van der Waals surface area contributed by atoms with Crippen molar-refractivity contribution in [3.8, 4) is 0 Å². The van der Waals surface area contributed by atoms with Crippen molar-refractivity contribution in [1.29, 1.82) is 0 Å². The van der Waals surface area contributed by atoms with E-state index in [1.165, 1.54) is 0 Å². The highest BCUT2D eigenvalue weighted by atomic mass is 16.5. The van der Waals surface area contributed by atoms with Crippen molar-refractivity contribution in [1.82, 2.24) is 0 Å². The molecule has 3 rings (SSSR count). The Kier molecular flexibility index (Phi) is 4.62. The Hall–Kier alpha value is -2.66. The molecule has 24 heavy (non-hydrogen) atoms. The van der Waals surface area contributed by atoms with Crippen LogP contribution in [-0.2, 0) is 20.7 Å². The first-order valence-corrected chi connectivity index (χ1v) is 7.89. The number of fused-ring (bicyclic) bond motifs is 1. The molecule has 0 saturated heterocycles. The van der Waals surface area contributed by atoms with Crippen LogP contribution in [-0.4, -0.2) is 23.6 Å². The third-order valence-electron chi connectivity index (χ3n) is 4.26. The number of hydrogen-bond acceptors (Lipinski definition) is 3. The van der Waals surface area contributed by atoms with Gasteiger partial charge in [0.25, 0.3) is 5.91 Å². The van der Waals surface area contributed by atoms with Gasteiger partial charge < -0.3 is 15.2 Å². The molecule has 0 aliphatic carbocycles. The topological polar surface area (TPSA) is 75.6 Å². The average Bonchev–Trinajstić information content (AvgIpc) is 2.60. The van der Waals surface area contributed by atoms with Gasteiger partial charge in [-0.25, -0.2) is 0 Å². The van der Waals surface area contributed by atoms with Crippen LogP contribution in [0.2, 0.25) is 0 Å². The Morgan fingerprint density at radius 3 is 2.79 bits per heavy atom. The second-order valence-corrected chi connectivity index (χ2v) is 5.87. The third kappa shape index (κ3) is 3.31. The zero-order valence-electron chi connectivity index (χ0n) is 13.4. The van der Waals surface area contributed by atoms with Crippen molar-refractivity contribution in [2.75, 3.05) is 11.9 Å². The molecule has 0 spiro atoms. The summed E-state index contributed by atoms with van der Waals surface area (Å²) in [5.74, 6) is -1.78. The second-order valence-electron chi connectivity index (χ2n) is 5.87. The van der Waals surface area contributed by atoms with Gasteiger partial charge in [0.15, 0.2) is 6.10 Å². The first-order chi connectivity index (χ1) is 11.6. The molecule has 2 aromatic carbocycles. The van der Waals surface area contributed by atoms with Crippen LogP contribution in [0.25, 0.3) is 0 Å². The minimum absolute atomic E-state index is 0.248. The van der Waals surface area contributed by atoms with E-state index >= 15 is 0 Å². The minimum Gasteiger partial charge on any atom is -0.481 e. The van der Waals surface area contributed by atoms with E-state index in [0.717, 1.165) is 17.5 Å². The predicted octanol–water partition coefficient (Wildman–Crippen LogP) is 3.13. The van der Waals surface area contributed by atoms with Gasteiger partial charge in [-0.2, -0.15) is 0 Å². The van der Waals surface area contributed by atoms with Crippen molar-refractivity contribution in [3.05, 3.63) is 65.2 Å². The molecule has 124 valence electrons. The Labute approximate surface area is 140 Å². The minimum atomic E-state index is -0.900. The fourth-order valence-electron chi connectivity index (χ4n) is 2.85. The molecule has 1 aliphatic heterocycles. The quantitative estimate of drug-likeness (QED) is 0.905. The lowest BCUT2D eigenvalue weighted by Gasteiger charge is -2.25. The van der Waals surface area contributed by atoms with E-state index in [1.807, 2.05) is 24.3 Å². The SMILES string of the molecule is CC(C(=O)O)c1cccc(NC(=O)C2OCCc3ccccc32)c1. The summed E-state index contributed by atoms with van der Waals surface area (Å²) in [6.45, 7) is 2.12. The molecule has 0 radical (unpaired) electrons. The number of aliphatic carboxylic acids is 1. The van der Waals surface area contributed by atoms with Crippen LogP contribution in [0.3, 0.4) is 0 Å². The number of anilines is 1. The highest BCUT2D eigenvalue weighted by molar-refractivity contribution is 5.95. The number of rotatable bonds is 4. The average molecular weight is 325 g/mol. The van der Waals surface area contributed by atoms with Crippen LogP contribution in [0.15, 0.2) is 48.5 Å². The summed E-state index contributed by atoms with van der Waals surface area (Å²) in [5, 5.41) is 11.9. The fourth-order valence-corrected chi connectivity index (χ4v) is 2.85. The lowest BCUT2D eigenvalue weighted by molar-refractivity contribution is -0.138. The number of ether oxygens (including phenoxy) is 1. The summed E-state index contributed by atoms with van der Waals surface area (Å²) < 4.78 is 5.65. The number of carbonyl (C=O) groups is 2. The van der Waals surface area contributed by atoms with Crippen LogP contribution in [0.4, 0.5) is 5.69 Å². The Morgan fingerprint density at radius 2 is 2.00 bits per heavy atom. The standard InChI is InChI=1S/C19H19NO4/c1-12(19(22)23)14-6-4-7-15(11-14)20-18(21)17-16-8-3-2-5-13(16)9-10-24-17/h2-8,11-12,17H,9-10H2,1H3,(H,20,21)(H,22,23). The Balaban J connectivity index is 1.79. The monoisotopic (exact) mass is 325 g/mol. The van der Waals surface area contributed by atoms with Crippen molar-refractivity contribution in [2.24, 2.45) is 0 Å². The predicted molar refractivity (Wildman–Crippen MR) is 90.0 cm³/mol. The maximum Gasteiger partial charge on any atom is 0.310 e. The van der Waals surface area contributed by atoms with E-state index in [2.05, 4.69) is 5.32 Å². The summed E-state index contributed by atoms with van der Waals surface area (Å²) in [5.41, 5.74) is 3.22. The number of benzene rings is 2. The van der Waals surface area contributed by atoms with Gasteiger partial charge in [-0.05, 0) is 42.2 Å². The molecule has 2 aromatic rings. The third-order valence-corrected chi connectivity index (χ3v) is 4.26. The normalized spacial score (nSPS) is 17.6. The summed E-state index contributed by atoms with van der Waals surface area (Å²) in [7, 11) is 0. The van der Waals surface area contributed by atoms with Gasteiger partial charge in [-0.15, -0.1) is 0 Å². The second kappa shape index (κ2) is 6.84. The number of carbonyl (C=O) groups excluding carboxylic acids is 1. The van der Waals surface area contributed by atoms with E-state index in [4.69, 9.17) is 9.84 Å². The molecule has 2 unspecified atom stereocenters. The van der Waals surface area contributed by atoms with Crippen LogP contribution >= 0.6 is 0 Å². The molecule has 2 atom stereocenters. The zero-order valence-corrected chi connectivity index (χ0v) is 13.4. The molecular weight excluding hydrogens is 306 g/mol. The van der Waals surface area contributed by atoms with Crippen molar-refractivity contribution in [3.63, 3.8) is 0 Å². The van der Waals surface area contributed by atoms with Gasteiger partial charge in [0, 0.05) is 5.69 Å². The Bertz CT molecular complexity index is 771. The van der Waals surface area contributed by atoms with Gasteiger partial charge in [0.1, 0.15) is 0 Å². The first kappa shape index (κ1) is 16.2. The molecule has 5 heteroatoms. The summed E-state index contributed by atoms with van der Waals surface area (Å²) >= 11 is 0. The van der Waals surface area contributed by atoms with E-state index in [1.54, 1.807) is 31.2 Å². The van der Waals surface area contributed by atoms with Crippen molar-refractivity contribution in [2.45, 2.75) is 25.4 Å². The maximum absolute atomic E-state index is 12.6. The molecule has 1 amide bonds. The fraction of sp³-hybridized carbons (Fsp3) is 0.263. The molecule has 0 saturated carbocycles. The molecule has 2 N–H and O–H groups in total. The van der Waals surface area contributed by atoms with Gasteiger partial charge in [-0.3, -0.25) is 9.59 Å². The number of hydrogen-bond donors (Lipinski definition) is 2. The van der Waals surface area contributed by atoms with E-state index in [9.17, 15) is 9.59 Å². The van der Waals surface area contributed by atoms with Gasteiger partial charge in [0.2, 0.25) is 0 Å². The molecule has 0 bridgehead atoms. The first-order valence-electron chi connectivity index (χ1n) is 7.89. The summed E-state index contributed by atoms with van der Waals surface area (Å²) in [4.78, 5) is 23.7. The molecule has 1 aliphatic rings. The van der Waals surface area contributed by atoms with Gasteiger partial charge >= 0.3 is 5.97 Å². The zero-order chi connectivity index (χ0) is 17.1. The van der Waals surface area contributed by atoms with Crippen molar-refractivity contribution < 1.29 is 19.4 Å². The van der Waals surface area contributed by atoms with E-state index in [0.29, 0.717) is 17.9 Å². The Morgan fingerprint density at radius 1 is 1.21 bits per heavy atom. The molecule has 1 heterocycles. The van der Waals surface area contributed by atoms with E-state index < -0.39 is 18.0 Å².